The zero-order valence-corrected chi connectivity index (χ0v) is 30.8. The topological polar surface area (TPSA) is 194 Å². The lowest BCUT2D eigenvalue weighted by atomic mass is 10.6. The number of hydrogen-bond acceptors (Lipinski definition) is 17. The first kappa shape index (κ1) is 49.8. The molecular formula is C33H68N2O16. The summed E-state index contributed by atoms with van der Waals surface area (Å²) in [5.41, 5.74) is 5.33. The minimum Gasteiger partial charge on any atom is -0.378 e. The van der Waals surface area contributed by atoms with Gasteiger partial charge < -0.3 is 82.1 Å². The van der Waals surface area contributed by atoms with Crippen molar-refractivity contribution in [3.8, 4) is 0 Å². The molecule has 0 aliphatic heterocycles. The number of amides is 1. The lowest BCUT2D eigenvalue weighted by molar-refractivity contribution is -0.109. The van der Waals surface area contributed by atoms with Crippen LogP contribution in [-0.2, 0) is 75.8 Å². The Bertz CT molecular complexity index is 633. The summed E-state index contributed by atoms with van der Waals surface area (Å²) >= 11 is 0. The van der Waals surface area contributed by atoms with E-state index in [2.05, 4.69) is 5.32 Å². The molecule has 18 nitrogen and oxygen atoms in total. The van der Waals surface area contributed by atoms with Crippen molar-refractivity contribution in [2.45, 2.75) is 0 Å². The summed E-state index contributed by atoms with van der Waals surface area (Å²) in [6.45, 7) is 16.1. The van der Waals surface area contributed by atoms with Crippen LogP contribution in [0.15, 0.2) is 0 Å². The first-order valence-corrected chi connectivity index (χ1v) is 17.9. The van der Waals surface area contributed by atoms with Crippen LogP contribution >= 0.6 is 0 Å². The van der Waals surface area contributed by atoms with Crippen molar-refractivity contribution in [2.24, 2.45) is 5.73 Å². The Balaban J connectivity index is 3.04. The van der Waals surface area contributed by atoms with Gasteiger partial charge in [-0.05, 0) is 0 Å². The summed E-state index contributed by atoms with van der Waals surface area (Å²) in [5, 5.41) is 2.52. The molecule has 0 atom stereocenters. The van der Waals surface area contributed by atoms with Crippen LogP contribution < -0.4 is 11.1 Å². The molecule has 0 radical (unpaired) electrons. The molecule has 0 aromatic carbocycles. The second-order valence-corrected chi connectivity index (χ2v) is 10.0. The van der Waals surface area contributed by atoms with Crippen molar-refractivity contribution in [2.75, 3.05) is 211 Å². The summed E-state index contributed by atoms with van der Waals surface area (Å²) < 4.78 is 81.3. The van der Waals surface area contributed by atoms with E-state index < -0.39 is 0 Å². The van der Waals surface area contributed by atoms with Crippen LogP contribution in [0, 0.1) is 0 Å². The number of carbonyl (C=O) groups excluding carboxylic acids is 1. The quantitative estimate of drug-likeness (QED) is 0.0565. The molecular weight excluding hydrogens is 680 g/mol. The Morgan fingerprint density at radius 3 is 0.588 bits per heavy atom. The molecule has 0 bridgehead atoms. The lowest BCUT2D eigenvalue weighted by Gasteiger charge is -2.09. The molecule has 0 rings (SSSR count). The van der Waals surface area contributed by atoms with Gasteiger partial charge in [-0.3, -0.25) is 4.79 Å². The number of ether oxygens (including phenoxy) is 15. The maximum absolute atomic E-state index is 10.1. The predicted octanol–water partition coefficient (Wildman–Crippen LogP) is -1.06. The van der Waals surface area contributed by atoms with E-state index in [0.29, 0.717) is 218 Å². The fourth-order valence-corrected chi connectivity index (χ4v) is 3.45. The second-order valence-electron chi connectivity index (χ2n) is 10.0. The van der Waals surface area contributed by atoms with E-state index in [0.717, 1.165) is 0 Å². The Kier molecular flexibility index (Phi) is 47.7. The highest BCUT2D eigenvalue weighted by Gasteiger charge is 1.97. The molecule has 0 heterocycles. The van der Waals surface area contributed by atoms with Crippen molar-refractivity contribution < 1.29 is 75.8 Å². The summed E-state index contributed by atoms with van der Waals surface area (Å²) in [4.78, 5) is 10.1. The monoisotopic (exact) mass is 748 g/mol. The summed E-state index contributed by atoms with van der Waals surface area (Å²) in [6, 6.07) is 0. The van der Waals surface area contributed by atoms with Crippen molar-refractivity contribution in [3.05, 3.63) is 0 Å². The van der Waals surface area contributed by atoms with E-state index in [1.54, 1.807) is 0 Å². The highest BCUT2D eigenvalue weighted by atomic mass is 16.6. The van der Waals surface area contributed by atoms with Gasteiger partial charge in [0.2, 0.25) is 6.41 Å². The first-order chi connectivity index (χ1) is 25.4. The van der Waals surface area contributed by atoms with Crippen LogP contribution in [0.5, 0.6) is 0 Å². The predicted molar refractivity (Wildman–Crippen MR) is 185 cm³/mol. The largest absolute Gasteiger partial charge is 0.378 e. The van der Waals surface area contributed by atoms with Crippen LogP contribution in [0.1, 0.15) is 0 Å². The van der Waals surface area contributed by atoms with Gasteiger partial charge in [0.15, 0.2) is 0 Å². The van der Waals surface area contributed by atoms with Gasteiger partial charge in [-0.15, -0.1) is 0 Å². The smallest absolute Gasteiger partial charge is 0.207 e. The SMILES string of the molecule is NCCOCCOCCOCCOCCOCCOCCOCCOCCOCCOCCOCCOCCOCCOCCOCCNC=O. The number of nitrogens with two attached hydrogens (primary N) is 1. The Labute approximate surface area is 304 Å². The van der Waals surface area contributed by atoms with Crippen molar-refractivity contribution in [1.29, 1.82) is 0 Å². The van der Waals surface area contributed by atoms with Gasteiger partial charge in [0.05, 0.1) is 198 Å². The standard InChI is InChI=1S/C33H68N2O16/c34-1-3-37-5-7-39-9-11-41-13-15-43-17-19-45-21-23-47-25-27-49-29-31-51-32-30-50-28-26-48-24-22-46-20-18-44-16-14-42-12-10-40-8-6-38-4-2-35-33-36/h33H,1-32,34H2,(H,35,36). The molecule has 306 valence electrons. The number of hydrogen-bond donors (Lipinski definition) is 2. The first-order valence-electron chi connectivity index (χ1n) is 17.9. The summed E-state index contributed by atoms with van der Waals surface area (Å²) in [7, 11) is 0. The maximum atomic E-state index is 10.1. The molecule has 0 saturated carbocycles. The summed E-state index contributed by atoms with van der Waals surface area (Å²) in [6.07, 6.45) is 0.644. The number of carbonyl (C=O) groups is 1. The minimum absolute atomic E-state index is 0.470. The highest BCUT2D eigenvalue weighted by molar-refractivity contribution is 5.45. The van der Waals surface area contributed by atoms with Crippen LogP contribution in [0.2, 0.25) is 0 Å². The average Bonchev–Trinajstić information content (AvgIpc) is 3.14. The van der Waals surface area contributed by atoms with E-state index >= 15 is 0 Å². The molecule has 3 N–H and O–H groups in total. The van der Waals surface area contributed by atoms with E-state index in [1.807, 2.05) is 0 Å². The van der Waals surface area contributed by atoms with E-state index in [-0.39, 0.29) is 0 Å². The van der Waals surface area contributed by atoms with Gasteiger partial charge in [-0.25, -0.2) is 0 Å². The van der Waals surface area contributed by atoms with E-state index in [4.69, 9.17) is 76.8 Å². The Hall–Kier alpha value is -1.17. The van der Waals surface area contributed by atoms with Crippen molar-refractivity contribution in [1.82, 2.24) is 5.32 Å². The molecule has 0 aromatic heterocycles. The molecule has 1 amide bonds. The van der Waals surface area contributed by atoms with E-state index in [1.165, 1.54) is 0 Å². The van der Waals surface area contributed by atoms with Crippen molar-refractivity contribution >= 4 is 6.41 Å². The number of rotatable bonds is 48. The van der Waals surface area contributed by atoms with Gasteiger partial charge in [0.25, 0.3) is 0 Å². The van der Waals surface area contributed by atoms with Gasteiger partial charge in [-0.2, -0.15) is 0 Å². The average molecular weight is 749 g/mol. The molecule has 0 aliphatic rings. The molecule has 0 saturated heterocycles. The molecule has 0 fully saturated rings. The fourth-order valence-electron chi connectivity index (χ4n) is 3.45. The van der Waals surface area contributed by atoms with Gasteiger partial charge in [-0.1, -0.05) is 0 Å². The Morgan fingerprint density at radius 1 is 0.275 bits per heavy atom. The van der Waals surface area contributed by atoms with Crippen LogP contribution in [0.25, 0.3) is 0 Å². The minimum atomic E-state index is 0.470. The van der Waals surface area contributed by atoms with Crippen LogP contribution in [0.3, 0.4) is 0 Å². The Morgan fingerprint density at radius 2 is 0.431 bits per heavy atom. The van der Waals surface area contributed by atoms with Gasteiger partial charge in [0.1, 0.15) is 0 Å². The molecule has 0 aromatic rings. The van der Waals surface area contributed by atoms with Crippen LogP contribution in [-0.4, -0.2) is 218 Å². The molecule has 0 unspecified atom stereocenters. The second kappa shape index (κ2) is 48.8. The van der Waals surface area contributed by atoms with Gasteiger partial charge in [0, 0.05) is 13.1 Å². The zero-order chi connectivity index (χ0) is 36.6. The molecule has 0 aliphatic carbocycles. The fraction of sp³-hybridized carbons (Fsp3) is 0.970. The molecule has 0 spiro atoms. The maximum Gasteiger partial charge on any atom is 0.207 e. The molecule has 18 heteroatoms. The van der Waals surface area contributed by atoms with Gasteiger partial charge >= 0.3 is 0 Å². The highest BCUT2D eigenvalue weighted by Crippen LogP contribution is 1.88. The molecule has 51 heavy (non-hydrogen) atoms. The third-order valence-electron chi connectivity index (χ3n) is 5.94. The third kappa shape index (κ3) is 48.8. The van der Waals surface area contributed by atoms with E-state index in [9.17, 15) is 4.79 Å². The number of nitrogens with one attached hydrogen (secondary N) is 1. The summed E-state index contributed by atoms with van der Waals surface area (Å²) in [5.74, 6) is 0. The normalized spacial score (nSPS) is 11.5. The zero-order valence-electron chi connectivity index (χ0n) is 30.8. The van der Waals surface area contributed by atoms with Crippen LogP contribution in [0.4, 0.5) is 0 Å². The third-order valence-corrected chi connectivity index (χ3v) is 5.94. The van der Waals surface area contributed by atoms with Crippen molar-refractivity contribution in [3.63, 3.8) is 0 Å². The lowest BCUT2D eigenvalue weighted by Crippen LogP contribution is -2.19.